The number of nitrogens with one attached hydrogen (secondary N) is 1. The normalized spacial score (nSPS) is 22.4. The van der Waals surface area contributed by atoms with Crippen LogP contribution >= 0.6 is 11.8 Å². The number of aliphatic imine (C=N–C) groups is 1. The van der Waals surface area contributed by atoms with Crippen molar-refractivity contribution >= 4 is 28.3 Å². The molecule has 0 amide bonds. The molecule has 0 aliphatic carbocycles. The monoisotopic (exact) mass is 289 g/mol. The van der Waals surface area contributed by atoms with E-state index in [1.807, 2.05) is 11.8 Å². The highest BCUT2D eigenvalue weighted by Crippen LogP contribution is 2.26. The molecule has 20 heavy (non-hydrogen) atoms. The summed E-state index contributed by atoms with van der Waals surface area (Å²) in [6.45, 7) is 6.88. The molecule has 0 bridgehead atoms. The van der Waals surface area contributed by atoms with Gasteiger partial charge in [-0.15, -0.1) is 0 Å². The van der Waals surface area contributed by atoms with Crippen LogP contribution in [0.5, 0.6) is 0 Å². The summed E-state index contributed by atoms with van der Waals surface area (Å²) < 4.78 is 0. The Hall–Kier alpha value is -1.16. The summed E-state index contributed by atoms with van der Waals surface area (Å²) in [6.07, 6.45) is 2.65. The number of rotatable bonds is 3. The molecule has 4 heteroatoms. The van der Waals surface area contributed by atoms with Crippen molar-refractivity contribution in [3.05, 3.63) is 24.3 Å². The third kappa shape index (κ3) is 3.11. The summed E-state index contributed by atoms with van der Waals surface area (Å²) in [5.74, 6) is 1.73. The zero-order chi connectivity index (χ0) is 13.9. The van der Waals surface area contributed by atoms with E-state index in [1.165, 1.54) is 31.6 Å². The molecule has 1 saturated heterocycles. The molecule has 1 aromatic rings. The fourth-order valence-corrected chi connectivity index (χ4v) is 3.84. The van der Waals surface area contributed by atoms with E-state index < -0.39 is 0 Å². The first-order valence-electron chi connectivity index (χ1n) is 7.55. The van der Waals surface area contributed by atoms with Gasteiger partial charge in [-0.25, -0.2) is 0 Å². The largest absolute Gasteiger partial charge is 0.372 e. The van der Waals surface area contributed by atoms with Gasteiger partial charge in [-0.2, -0.15) is 0 Å². The molecular weight excluding hydrogens is 266 g/mol. The van der Waals surface area contributed by atoms with Crippen LogP contribution in [-0.4, -0.2) is 30.1 Å². The lowest BCUT2D eigenvalue weighted by molar-refractivity contribution is 0.543. The number of benzene rings is 1. The van der Waals surface area contributed by atoms with Gasteiger partial charge in [-0.3, -0.25) is 4.99 Å². The minimum atomic E-state index is 0.464. The predicted octanol–water partition coefficient (Wildman–Crippen LogP) is 3.83. The maximum absolute atomic E-state index is 4.74. The third-order valence-corrected chi connectivity index (χ3v) is 5.02. The van der Waals surface area contributed by atoms with E-state index in [0.29, 0.717) is 12.0 Å². The van der Waals surface area contributed by atoms with Crippen molar-refractivity contribution in [3.63, 3.8) is 0 Å². The van der Waals surface area contributed by atoms with E-state index >= 15 is 0 Å². The third-order valence-electron chi connectivity index (χ3n) is 4.03. The summed E-state index contributed by atoms with van der Waals surface area (Å²) in [7, 11) is 0. The molecule has 2 aliphatic heterocycles. The molecule has 108 valence electrons. The van der Waals surface area contributed by atoms with Crippen molar-refractivity contribution in [2.75, 3.05) is 29.1 Å². The number of hydrogen-bond donors (Lipinski definition) is 1. The fraction of sp³-hybridized carbons (Fsp3) is 0.562. The Labute approximate surface area is 125 Å². The van der Waals surface area contributed by atoms with E-state index in [1.54, 1.807) is 0 Å². The molecule has 0 saturated carbocycles. The van der Waals surface area contributed by atoms with Crippen LogP contribution < -0.4 is 10.2 Å². The van der Waals surface area contributed by atoms with Crippen molar-refractivity contribution in [1.82, 2.24) is 0 Å². The van der Waals surface area contributed by atoms with Gasteiger partial charge in [0.25, 0.3) is 0 Å². The number of nitrogens with zero attached hydrogens (tertiary/aromatic N) is 2. The van der Waals surface area contributed by atoms with E-state index in [4.69, 9.17) is 4.99 Å². The van der Waals surface area contributed by atoms with Crippen molar-refractivity contribution in [2.24, 2.45) is 10.9 Å². The summed E-state index contributed by atoms with van der Waals surface area (Å²) in [6, 6.07) is 9.23. The van der Waals surface area contributed by atoms with Crippen LogP contribution in [0.1, 0.15) is 26.7 Å². The zero-order valence-electron chi connectivity index (χ0n) is 12.3. The second kappa shape index (κ2) is 6.08. The lowest BCUT2D eigenvalue weighted by Gasteiger charge is -2.17. The number of amidine groups is 1. The smallest absolute Gasteiger partial charge is 0.161 e. The molecular formula is C16H23N3S. The van der Waals surface area contributed by atoms with Gasteiger partial charge in [0, 0.05) is 30.2 Å². The Balaban J connectivity index is 1.62. The standard InChI is InChI=1S/C16H23N3S/c1-12(2)15-11-20-16(18-15)17-13-5-7-14(8-6-13)19-9-3-4-10-19/h5-8,12,15H,3-4,9-11H2,1-2H3,(H,17,18). The van der Waals surface area contributed by atoms with Crippen molar-refractivity contribution in [3.8, 4) is 0 Å². The minimum Gasteiger partial charge on any atom is -0.372 e. The molecule has 1 N–H and O–H groups in total. The van der Waals surface area contributed by atoms with Crippen molar-refractivity contribution in [1.29, 1.82) is 0 Å². The van der Waals surface area contributed by atoms with Gasteiger partial charge in [0.05, 0.1) is 6.04 Å². The quantitative estimate of drug-likeness (QED) is 0.916. The molecule has 2 heterocycles. The lowest BCUT2D eigenvalue weighted by Crippen LogP contribution is -2.17. The van der Waals surface area contributed by atoms with Crippen LogP contribution in [0, 0.1) is 5.92 Å². The Morgan fingerprint density at radius 2 is 1.90 bits per heavy atom. The second-order valence-electron chi connectivity index (χ2n) is 5.92. The summed E-state index contributed by atoms with van der Waals surface area (Å²) in [5, 5.41) is 4.51. The first-order chi connectivity index (χ1) is 9.72. The van der Waals surface area contributed by atoms with E-state index in [-0.39, 0.29) is 0 Å². The first kappa shape index (κ1) is 13.8. The minimum absolute atomic E-state index is 0.464. The van der Waals surface area contributed by atoms with E-state index in [9.17, 15) is 0 Å². The van der Waals surface area contributed by atoms with Gasteiger partial charge in [-0.05, 0) is 43.0 Å². The molecule has 1 atom stereocenters. The Kier molecular flexibility index (Phi) is 4.20. The average molecular weight is 289 g/mol. The van der Waals surface area contributed by atoms with Crippen LogP contribution in [-0.2, 0) is 0 Å². The van der Waals surface area contributed by atoms with Gasteiger partial charge in [0.1, 0.15) is 0 Å². The van der Waals surface area contributed by atoms with E-state index in [2.05, 4.69) is 48.3 Å². The number of hydrogen-bond acceptors (Lipinski definition) is 4. The maximum atomic E-state index is 4.74. The fourth-order valence-electron chi connectivity index (χ4n) is 2.65. The van der Waals surface area contributed by atoms with Gasteiger partial charge in [-0.1, -0.05) is 25.6 Å². The molecule has 3 nitrogen and oxygen atoms in total. The predicted molar refractivity (Wildman–Crippen MR) is 90.0 cm³/mol. The Morgan fingerprint density at radius 1 is 1.20 bits per heavy atom. The Bertz CT molecular complexity index is 475. The zero-order valence-corrected chi connectivity index (χ0v) is 13.1. The van der Waals surface area contributed by atoms with Crippen molar-refractivity contribution in [2.45, 2.75) is 32.7 Å². The topological polar surface area (TPSA) is 27.6 Å². The van der Waals surface area contributed by atoms with Gasteiger partial charge in [0.15, 0.2) is 5.17 Å². The lowest BCUT2D eigenvalue weighted by atomic mass is 10.1. The molecule has 0 radical (unpaired) electrons. The number of anilines is 2. The van der Waals surface area contributed by atoms with Crippen LogP contribution in [0.2, 0.25) is 0 Å². The molecule has 1 fully saturated rings. The van der Waals surface area contributed by atoms with Crippen molar-refractivity contribution < 1.29 is 0 Å². The van der Waals surface area contributed by atoms with E-state index in [0.717, 1.165) is 16.6 Å². The molecule has 0 aromatic heterocycles. The van der Waals surface area contributed by atoms with Crippen LogP contribution in [0.4, 0.5) is 11.4 Å². The molecule has 2 aliphatic rings. The average Bonchev–Trinajstić information content (AvgIpc) is 3.10. The highest BCUT2D eigenvalue weighted by Gasteiger charge is 2.21. The molecule has 3 rings (SSSR count). The maximum Gasteiger partial charge on any atom is 0.161 e. The highest BCUT2D eigenvalue weighted by molar-refractivity contribution is 8.14. The highest BCUT2D eigenvalue weighted by atomic mass is 32.2. The van der Waals surface area contributed by atoms with Crippen LogP contribution in [0.15, 0.2) is 29.3 Å². The molecule has 1 aromatic carbocycles. The second-order valence-corrected chi connectivity index (χ2v) is 6.93. The summed E-state index contributed by atoms with van der Waals surface area (Å²) in [5.41, 5.74) is 2.48. The Morgan fingerprint density at radius 3 is 2.50 bits per heavy atom. The summed E-state index contributed by atoms with van der Waals surface area (Å²) in [4.78, 5) is 7.20. The SMILES string of the molecule is CC(C)C1CSC(Nc2ccc(N3CCCC3)cc2)=N1. The molecule has 0 spiro atoms. The van der Waals surface area contributed by atoms with Crippen LogP contribution in [0.3, 0.4) is 0 Å². The van der Waals surface area contributed by atoms with Gasteiger partial charge >= 0.3 is 0 Å². The van der Waals surface area contributed by atoms with Crippen LogP contribution in [0.25, 0.3) is 0 Å². The number of thioether (sulfide) groups is 1. The van der Waals surface area contributed by atoms with Gasteiger partial charge < -0.3 is 10.2 Å². The van der Waals surface area contributed by atoms with Gasteiger partial charge in [0.2, 0.25) is 0 Å². The first-order valence-corrected chi connectivity index (χ1v) is 8.53. The molecule has 1 unspecified atom stereocenters. The summed E-state index contributed by atoms with van der Waals surface area (Å²) >= 11 is 1.83.